The van der Waals surface area contributed by atoms with Crippen LogP contribution in [0.25, 0.3) is 0 Å². The van der Waals surface area contributed by atoms with Gasteiger partial charge in [0.05, 0.1) is 22.8 Å². The highest BCUT2D eigenvalue weighted by atomic mass is 16.4. The van der Waals surface area contributed by atoms with Crippen LogP contribution in [0.2, 0.25) is 0 Å². The molecule has 22 heavy (non-hydrogen) atoms. The molecule has 2 aliphatic carbocycles. The van der Waals surface area contributed by atoms with Crippen molar-refractivity contribution in [3.63, 3.8) is 0 Å². The SMILES string of the molecule is CC12C(=O)C=CC(=NO)C1C(=O)c1c(O)ccc(O)c1C2=O. The Labute approximate surface area is 124 Å². The zero-order chi connectivity index (χ0) is 16.2. The van der Waals surface area contributed by atoms with E-state index in [1.165, 1.54) is 6.92 Å². The van der Waals surface area contributed by atoms with Crippen molar-refractivity contribution in [1.82, 2.24) is 0 Å². The number of carbonyl (C=O) groups is 3. The van der Waals surface area contributed by atoms with E-state index in [1.54, 1.807) is 0 Å². The lowest BCUT2D eigenvalue weighted by Gasteiger charge is -2.39. The molecule has 1 aromatic carbocycles. The average Bonchev–Trinajstić information content (AvgIpc) is 2.49. The number of nitrogens with zero attached hydrogens (tertiary/aromatic N) is 1. The summed E-state index contributed by atoms with van der Waals surface area (Å²) in [5.74, 6) is -4.49. The molecule has 2 unspecified atom stereocenters. The molecular formula is C15H11NO6. The second-order valence-corrected chi connectivity index (χ2v) is 5.41. The van der Waals surface area contributed by atoms with E-state index in [1.807, 2.05) is 0 Å². The van der Waals surface area contributed by atoms with Gasteiger partial charge in [0.2, 0.25) is 0 Å². The Balaban J connectivity index is 2.40. The van der Waals surface area contributed by atoms with Gasteiger partial charge >= 0.3 is 0 Å². The maximum absolute atomic E-state index is 12.7. The summed E-state index contributed by atoms with van der Waals surface area (Å²) in [5, 5.41) is 31.8. The Morgan fingerprint density at radius 2 is 1.64 bits per heavy atom. The lowest BCUT2D eigenvalue weighted by atomic mass is 9.58. The van der Waals surface area contributed by atoms with Crippen molar-refractivity contribution in [1.29, 1.82) is 0 Å². The van der Waals surface area contributed by atoms with Crippen LogP contribution >= 0.6 is 0 Å². The van der Waals surface area contributed by atoms with E-state index >= 15 is 0 Å². The lowest BCUT2D eigenvalue weighted by molar-refractivity contribution is -0.122. The smallest absolute Gasteiger partial charge is 0.182 e. The van der Waals surface area contributed by atoms with Gasteiger partial charge in [0.1, 0.15) is 16.9 Å². The number of ketones is 3. The number of phenolic OH excluding ortho intramolecular Hbond substituents is 2. The molecule has 2 atom stereocenters. The monoisotopic (exact) mass is 301 g/mol. The molecule has 3 rings (SSSR count). The summed E-state index contributed by atoms with van der Waals surface area (Å²) in [4.78, 5) is 37.7. The van der Waals surface area contributed by atoms with Crippen molar-refractivity contribution in [2.24, 2.45) is 16.5 Å². The second-order valence-electron chi connectivity index (χ2n) is 5.41. The van der Waals surface area contributed by atoms with E-state index in [2.05, 4.69) is 5.16 Å². The Bertz CT molecular complexity index is 806. The number of hydrogen-bond acceptors (Lipinski definition) is 7. The number of phenols is 2. The molecule has 2 aliphatic rings. The predicted molar refractivity (Wildman–Crippen MR) is 73.4 cm³/mol. The van der Waals surface area contributed by atoms with E-state index < -0.39 is 40.2 Å². The van der Waals surface area contributed by atoms with Crippen LogP contribution in [0.1, 0.15) is 27.6 Å². The average molecular weight is 301 g/mol. The maximum Gasteiger partial charge on any atom is 0.182 e. The highest BCUT2D eigenvalue weighted by Gasteiger charge is 2.59. The van der Waals surface area contributed by atoms with E-state index in [0.717, 1.165) is 24.3 Å². The first-order valence-corrected chi connectivity index (χ1v) is 6.42. The molecule has 112 valence electrons. The number of oxime groups is 1. The molecule has 0 spiro atoms. The molecule has 0 fully saturated rings. The van der Waals surface area contributed by atoms with Crippen LogP contribution in [-0.4, -0.2) is 38.5 Å². The number of allylic oxidation sites excluding steroid dienone is 2. The van der Waals surface area contributed by atoms with Gasteiger partial charge in [-0.1, -0.05) is 5.16 Å². The fourth-order valence-electron chi connectivity index (χ4n) is 3.06. The fourth-order valence-corrected chi connectivity index (χ4v) is 3.06. The highest BCUT2D eigenvalue weighted by molar-refractivity contribution is 6.36. The Hall–Kier alpha value is -2.96. The first kappa shape index (κ1) is 14.0. The van der Waals surface area contributed by atoms with Gasteiger partial charge in [0.25, 0.3) is 0 Å². The molecule has 7 heteroatoms. The largest absolute Gasteiger partial charge is 0.507 e. The van der Waals surface area contributed by atoms with Crippen molar-refractivity contribution in [2.75, 3.05) is 0 Å². The molecule has 0 bridgehead atoms. The summed E-state index contributed by atoms with van der Waals surface area (Å²) in [6, 6.07) is 2.16. The Morgan fingerprint density at radius 1 is 1.05 bits per heavy atom. The number of fused-ring (bicyclic) bond motifs is 2. The molecule has 0 saturated heterocycles. The van der Waals surface area contributed by atoms with Gasteiger partial charge in [-0.2, -0.15) is 0 Å². The van der Waals surface area contributed by atoms with Crippen molar-refractivity contribution < 1.29 is 29.8 Å². The summed E-state index contributed by atoms with van der Waals surface area (Å²) in [5.41, 5.74) is -2.71. The normalized spacial score (nSPS) is 28.7. The van der Waals surface area contributed by atoms with Gasteiger partial charge < -0.3 is 15.4 Å². The lowest BCUT2D eigenvalue weighted by Crippen LogP contribution is -2.54. The molecule has 0 radical (unpaired) electrons. The Kier molecular flexibility index (Phi) is 2.71. The third-order valence-corrected chi connectivity index (χ3v) is 4.27. The van der Waals surface area contributed by atoms with Gasteiger partial charge in [0.15, 0.2) is 17.3 Å². The van der Waals surface area contributed by atoms with Gasteiger partial charge in [-0.15, -0.1) is 0 Å². The molecule has 0 heterocycles. The minimum Gasteiger partial charge on any atom is -0.507 e. The van der Waals surface area contributed by atoms with Gasteiger partial charge in [0, 0.05) is 0 Å². The predicted octanol–water partition coefficient (Wildman–Crippen LogP) is 1.07. The first-order valence-electron chi connectivity index (χ1n) is 6.42. The van der Waals surface area contributed by atoms with Crippen LogP contribution in [0.4, 0.5) is 0 Å². The van der Waals surface area contributed by atoms with Crippen LogP contribution in [0.3, 0.4) is 0 Å². The quantitative estimate of drug-likeness (QED) is 0.285. The van der Waals surface area contributed by atoms with Crippen LogP contribution in [0, 0.1) is 11.3 Å². The third-order valence-electron chi connectivity index (χ3n) is 4.27. The number of benzene rings is 1. The zero-order valence-corrected chi connectivity index (χ0v) is 11.4. The molecule has 0 aliphatic heterocycles. The van der Waals surface area contributed by atoms with E-state index in [0.29, 0.717) is 0 Å². The van der Waals surface area contributed by atoms with Crippen molar-refractivity contribution in [3.8, 4) is 11.5 Å². The topological polar surface area (TPSA) is 124 Å². The number of carbonyl (C=O) groups excluding carboxylic acids is 3. The summed E-state index contributed by atoms with van der Waals surface area (Å²) >= 11 is 0. The minimum absolute atomic E-state index is 0.145. The molecule has 0 amide bonds. The third kappa shape index (κ3) is 1.45. The zero-order valence-electron chi connectivity index (χ0n) is 11.4. The number of hydrogen-bond donors (Lipinski definition) is 3. The summed E-state index contributed by atoms with van der Waals surface area (Å²) in [6.45, 7) is 1.27. The molecular weight excluding hydrogens is 290 g/mol. The molecule has 7 nitrogen and oxygen atoms in total. The Morgan fingerprint density at radius 3 is 2.23 bits per heavy atom. The highest BCUT2D eigenvalue weighted by Crippen LogP contribution is 2.48. The molecule has 0 aromatic heterocycles. The van der Waals surface area contributed by atoms with Crippen LogP contribution in [0.15, 0.2) is 29.4 Å². The van der Waals surface area contributed by atoms with Crippen molar-refractivity contribution >= 4 is 23.1 Å². The van der Waals surface area contributed by atoms with Crippen LogP contribution in [0.5, 0.6) is 11.5 Å². The number of rotatable bonds is 0. The van der Waals surface area contributed by atoms with E-state index in [9.17, 15) is 24.6 Å². The van der Waals surface area contributed by atoms with Crippen LogP contribution in [-0.2, 0) is 4.79 Å². The minimum atomic E-state index is -1.81. The standard InChI is InChI=1S/C15H11NO6/c1-15-9(19)5-2-6(16-22)12(15)13(20)10-7(17)3-4-8(18)11(10)14(15)21/h2-5,12,17-18,22H,1H3. The van der Waals surface area contributed by atoms with E-state index in [-0.39, 0.29) is 16.8 Å². The van der Waals surface area contributed by atoms with Crippen molar-refractivity contribution in [2.45, 2.75) is 6.92 Å². The number of aromatic hydroxyl groups is 2. The fraction of sp³-hybridized carbons (Fsp3) is 0.200. The van der Waals surface area contributed by atoms with E-state index in [4.69, 9.17) is 5.21 Å². The van der Waals surface area contributed by atoms with Gasteiger partial charge in [-0.05, 0) is 31.2 Å². The van der Waals surface area contributed by atoms with Gasteiger partial charge in [-0.25, -0.2) is 0 Å². The second kappa shape index (κ2) is 4.27. The molecule has 1 aromatic rings. The number of Topliss-reactive ketones (excluding diaryl/α,β-unsaturated/α-hetero) is 2. The first-order chi connectivity index (χ1) is 10.3. The summed E-state index contributed by atoms with van der Waals surface area (Å²) < 4.78 is 0. The molecule has 0 saturated carbocycles. The van der Waals surface area contributed by atoms with Gasteiger partial charge in [-0.3, -0.25) is 14.4 Å². The van der Waals surface area contributed by atoms with Crippen LogP contribution < -0.4 is 0 Å². The summed E-state index contributed by atoms with van der Waals surface area (Å²) in [7, 11) is 0. The molecule has 3 N–H and O–H groups in total. The maximum atomic E-state index is 12.7. The van der Waals surface area contributed by atoms with Crippen molar-refractivity contribution in [3.05, 3.63) is 35.4 Å². The summed E-state index contributed by atoms with van der Waals surface area (Å²) in [6.07, 6.45) is 2.21.